The summed E-state index contributed by atoms with van der Waals surface area (Å²) in [7, 11) is 0. The molecule has 0 saturated heterocycles. The lowest BCUT2D eigenvalue weighted by molar-refractivity contribution is -0.120. The number of urea groups is 1. The largest absolute Gasteiger partial charge is 0.440 e. The Morgan fingerprint density at radius 3 is 2.87 bits per heavy atom. The number of amides is 3. The second kappa shape index (κ2) is 6.28. The zero-order chi connectivity index (χ0) is 16.4. The van der Waals surface area contributed by atoms with Crippen molar-refractivity contribution >= 4 is 28.7 Å². The van der Waals surface area contributed by atoms with Crippen molar-refractivity contribution in [2.75, 3.05) is 11.9 Å². The van der Waals surface area contributed by atoms with Gasteiger partial charge in [-0.2, -0.15) is 0 Å². The number of aromatic nitrogens is 1. The van der Waals surface area contributed by atoms with E-state index in [9.17, 15) is 9.59 Å². The first kappa shape index (κ1) is 15.3. The Morgan fingerprint density at radius 2 is 2.17 bits per heavy atom. The Kier molecular flexibility index (Phi) is 4.18. The molecule has 3 N–H and O–H groups in total. The van der Waals surface area contributed by atoms with Crippen molar-refractivity contribution in [2.45, 2.75) is 38.6 Å². The van der Waals surface area contributed by atoms with Crippen LogP contribution in [0.2, 0.25) is 0 Å². The number of carbonyl (C=O) groups is 2. The van der Waals surface area contributed by atoms with Crippen LogP contribution in [0.15, 0.2) is 22.6 Å². The summed E-state index contributed by atoms with van der Waals surface area (Å²) in [5.41, 5.74) is 2.27. The van der Waals surface area contributed by atoms with Crippen LogP contribution >= 0.6 is 0 Å². The van der Waals surface area contributed by atoms with Crippen molar-refractivity contribution in [3.8, 4) is 0 Å². The van der Waals surface area contributed by atoms with Gasteiger partial charge in [-0.15, -0.1) is 0 Å². The van der Waals surface area contributed by atoms with Gasteiger partial charge in [-0.05, 0) is 44.9 Å². The fourth-order valence-electron chi connectivity index (χ4n) is 2.28. The molecule has 7 nitrogen and oxygen atoms in total. The molecule has 3 amide bonds. The molecule has 1 saturated carbocycles. The van der Waals surface area contributed by atoms with Crippen LogP contribution in [0.3, 0.4) is 0 Å². The third-order valence-electron chi connectivity index (χ3n) is 3.68. The van der Waals surface area contributed by atoms with E-state index in [4.69, 9.17) is 4.42 Å². The Balaban J connectivity index is 1.65. The van der Waals surface area contributed by atoms with Crippen molar-refractivity contribution < 1.29 is 14.0 Å². The quantitative estimate of drug-likeness (QED) is 0.787. The highest BCUT2D eigenvalue weighted by atomic mass is 16.3. The van der Waals surface area contributed by atoms with Crippen molar-refractivity contribution in [2.24, 2.45) is 0 Å². The Labute approximate surface area is 133 Å². The fraction of sp³-hybridized carbons (Fsp3) is 0.438. The predicted octanol–water partition coefficient (Wildman–Crippen LogP) is 2.35. The minimum Gasteiger partial charge on any atom is -0.440 e. The summed E-state index contributed by atoms with van der Waals surface area (Å²) in [6, 6.07) is 4.48. The van der Waals surface area contributed by atoms with Crippen molar-refractivity contribution in [1.82, 2.24) is 15.6 Å². The van der Waals surface area contributed by atoms with E-state index in [1.807, 2.05) is 18.2 Å². The molecule has 1 atom stereocenters. The lowest BCUT2D eigenvalue weighted by Crippen LogP contribution is -2.45. The molecule has 1 heterocycles. The van der Waals surface area contributed by atoms with Gasteiger partial charge in [0.25, 0.3) is 0 Å². The van der Waals surface area contributed by atoms with E-state index in [1.165, 1.54) is 0 Å². The number of oxazole rings is 1. The predicted molar refractivity (Wildman–Crippen MR) is 86.3 cm³/mol. The molecule has 3 rings (SSSR count). The van der Waals surface area contributed by atoms with Crippen molar-refractivity contribution in [3.05, 3.63) is 24.1 Å². The third-order valence-corrected chi connectivity index (χ3v) is 3.68. The Morgan fingerprint density at radius 1 is 1.39 bits per heavy atom. The third kappa shape index (κ3) is 3.61. The maximum atomic E-state index is 11.9. The van der Waals surface area contributed by atoms with E-state index in [2.05, 4.69) is 20.9 Å². The number of rotatable bonds is 5. The van der Waals surface area contributed by atoms with E-state index in [0.29, 0.717) is 12.5 Å². The van der Waals surface area contributed by atoms with Crippen LogP contribution in [0.1, 0.15) is 38.5 Å². The van der Waals surface area contributed by atoms with Gasteiger partial charge in [-0.1, -0.05) is 0 Å². The van der Waals surface area contributed by atoms with Crippen LogP contribution in [0.5, 0.6) is 0 Å². The Hall–Kier alpha value is -2.57. The average molecular weight is 316 g/mol. The number of nitrogens with one attached hydrogen (secondary N) is 3. The maximum Gasteiger partial charge on any atom is 0.321 e. The molecular formula is C16H20N4O3. The SMILES string of the molecule is CCNC(=O)NC(=O)[C@@H](C)Nc1ccc2oc(C3CC3)nc2c1. The van der Waals surface area contributed by atoms with Crippen molar-refractivity contribution in [1.29, 1.82) is 0 Å². The van der Waals surface area contributed by atoms with Crippen LogP contribution < -0.4 is 16.0 Å². The monoisotopic (exact) mass is 316 g/mol. The van der Waals surface area contributed by atoms with E-state index in [-0.39, 0.29) is 0 Å². The molecule has 0 radical (unpaired) electrons. The molecule has 0 spiro atoms. The van der Waals surface area contributed by atoms with Gasteiger partial charge in [-0.25, -0.2) is 9.78 Å². The van der Waals surface area contributed by atoms with Crippen LogP contribution in [0.25, 0.3) is 11.1 Å². The number of nitrogens with zero attached hydrogens (tertiary/aromatic N) is 1. The second-order valence-corrected chi connectivity index (χ2v) is 5.72. The molecule has 122 valence electrons. The van der Waals surface area contributed by atoms with E-state index >= 15 is 0 Å². The zero-order valence-electron chi connectivity index (χ0n) is 13.2. The van der Waals surface area contributed by atoms with Gasteiger partial charge in [0, 0.05) is 18.2 Å². The van der Waals surface area contributed by atoms with Crippen LogP contribution in [0, 0.1) is 0 Å². The van der Waals surface area contributed by atoms with Gasteiger partial charge < -0.3 is 15.1 Å². The molecular weight excluding hydrogens is 296 g/mol. The summed E-state index contributed by atoms with van der Waals surface area (Å²) >= 11 is 0. The minimum atomic E-state index is -0.551. The second-order valence-electron chi connectivity index (χ2n) is 5.72. The van der Waals surface area contributed by atoms with Gasteiger partial charge >= 0.3 is 6.03 Å². The molecule has 23 heavy (non-hydrogen) atoms. The molecule has 0 bridgehead atoms. The Bertz CT molecular complexity index is 736. The van der Waals surface area contributed by atoms with Gasteiger partial charge in [-0.3, -0.25) is 10.1 Å². The highest BCUT2D eigenvalue weighted by Gasteiger charge is 2.28. The summed E-state index contributed by atoms with van der Waals surface area (Å²) in [5, 5.41) is 7.86. The molecule has 1 aromatic heterocycles. The fourth-order valence-corrected chi connectivity index (χ4v) is 2.28. The molecule has 0 unspecified atom stereocenters. The number of anilines is 1. The molecule has 1 aromatic carbocycles. The summed E-state index contributed by atoms with van der Waals surface area (Å²) in [5.74, 6) is 0.856. The number of hydrogen-bond acceptors (Lipinski definition) is 5. The first-order valence-electron chi connectivity index (χ1n) is 7.82. The molecule has 7 heteroatoms. The molecule has 1 aliphatic carbocycles. The summed E-state index contributed by atoms with van der Waals surface area (Å²) < 4.78 is 5.71. The topological polar surface area (TPSA) is 96.3 Å². The first-order valence-corrected chi connectivity index (χ1v) is 7.82. The number of hydrogen-bond donors (Lipinski definition) is 3. The number of fused-ring (bicyclic) bond motifs is 1. The lowest BCUT2D eigenvalue weighted by Gasteiger charge is -2.14. The summed E-state index contributed by atoms with van der Waals surface area (Å²) in [4.78, 5) is 27.8. The van der Waals surface area contributed by atoms with E-state index in [0.717, 1.165) is 35.5 Å². The molecule has 2 aromatic rings. The van der Waals surface area contributed by atoms with Crippen LogP contribution in [-0.2, 0) is 4.79 Å². The number of carbonyl (C=O) groups excluding carboxylic acids is 2. The molecule has 1 fully saturated rings. The van der Waals surface area contributed by atoms with Gasteiger partial charge in [0.05, 0.1) is 0 Å². The average Bonchev–Trinajstić information content (AvgIpc) is 3.27. The summed E-state index contributed by atoms with van der Waals surface area (Å²) in [6.45, 7) is 3.94. The standard InChI is InChI=1S/C16H20N4O3/c1-3-17-16(22)20-14(21)9(2)18-11-6-7-13-12(8-11)19-15(23-13)10-4-5-10/h6-10,18H,3-5H2,1-2H3,(H2,17,20,21,22)/t9-/m1/s1. The molecule has 1 aliphatic rings. The number of imide groups is 1. The smallest absolute Gasteiger partial charge is 0.321 e. The highest BCUT2D eigenvalue weighted by Crippen LogP contribution is 2.40. The normalized spacial score (nSPS) is 15.2. The highest BCUT2D eigenvalue weighted by molar-refractivity contribution is 5.98. The lowest BCUT2D eigenvalue weighted by atomic mass is 10.2. The summed E-state index contributed by atoms with van der Waals surface area (Å²) in [6.07, 6.45) is 2.27. The first-order chi connectivity index (χ1) is 11.1. The van der Waals surface area contributed by atoms with Gasteiger partial charge in [0.1, 0.15) is 11.6 Å². The van der Waals surface area contributed by atoms with Crippen LogP contribution in [0.4, 0.5) is 10.5 Å². The molecule has 0 aliphatic heterocycles. The van der Waals surface area contributed by atoms with Gasteiger partial charge in [0.15, 0.2) is 11.5 Å². The van der Waals surface area contributed by atoms with Gasteiger partial charge in [0.2, 0.25) is 5.91 Å². The minimum absolute atomic E-state index is 0.394. The zero-order valence-corrected chi connectivity index (χ0v) is 13.2. The van der Waals surface area contributed by atoms with E-state index < -0.39 is 18.0 Å². The van der Waals surface area contributed by atoms with Crippen LogP contribution in [-0.4, -0.2) is 29.5 Å². The number of benzene rings is 1. The van der Waals surface area contributed by atoms with E-state index in [1.54, 1.807) is 13.8 Å². The maximum absolute atomic E-state index is 11.9. The van der Waals surface area contributed by atoms with Crippen molar-refractivity contribution in [3.63, 3.8) is 0 Å².